The maximum Gasteiger partial charge on any atom is 0.251 e. The third-order valence-electron chi connectivity index (χ3n) is 3.93. The monoisotopic (exact) mass is 289 g/mol. The van der Waals surface area contributed by atoms with Gasteiger partial charge in [0.25, 0.3) is 5.91 Å². The average molecular weight is 289 g/mol. The van der Waals surface area contributed by atoms with Crippen molar-refractivity contribution in [1.29, 1.82) is 0 Å². The number of hydrogen-bond donors (Lipinski definition) is 3. The van der Waals surface area contributed by atoms with Crippen LogP contribution in [0, 0.1) is 0 Å². The highest BCUT2D eigenvalue weighted by Gasteiger charge is 2.15. The van der Waals surface area contributed by atoms with Crippen molar-refractivity contribution < 1.29 is 4.79 Å². The minimum absolute atomic E-state index is 0.0113. The van der Waals surface area contributed by atoms with E-state index in [4.69, 9.17) is 0 Å². The van der Waals surface area contributed by atoms with Crippen LogP contribution in [-0.2, 0) is 0 Å². The maximum absolute atomic E-state index is 11.9. The Morgan fingerprint density at radius 2 is 2.29 bits per heavy atom. The summed E-state index contributed by atoms with van der Waals surface area (Å²) in [6, 6.07) is 8.74. The summed E-state index contributed by atoms with van der Waals surface area (Å²) in [5.74, 6) is -0.0113. The van der Waals surface area contributed by atoms with Gasteiger partial charge in [-0.25, -0.2) is 0 Å². The minimum Gasteiger partial charge on any atom is -0.383 e. The van der Waals surface area contributed by atoms with Crippen molar-refractivity contribution in [2.75, 3.05) is 18.4 Å². The molecule has 3 N–H and O–H groups in total. The Morgan fingerprint density at radius 3 is 3.00 bits per heavy atom. The molecule has 2 unspecified atom stereocenters. The Balaban J connectivity index is 1.89. The molecular weight excluding hydrogens is 262 g/mol. The van der Waals surface area contributed by atoms with Gasteiger partial charge in [-0.2, -0.15) is 0 Å². The van der Waals surface area contributed by atoms with Gasteiger partial charge in [0.2, 0.25) is 0 Å². The summed E-state index contributed by atoms with van der Waals surface area (Å²) < 4.78 is 0. The number of piperidine rings is 1. The first kappa shape index (κ1) is 15.8. The molecule has 1 heterocycles. The average Bonchev–Trinajstić information content (AvgIpc) is 2.48. The first-order valence-electron chi connectivity index (χ1n) is 8.07. The molecule has 1 aromatic carbocycles. The van der Waals surface area contributed by atoms with Crippen LogP contribution in [0.3, 0.4) is 0 Å². The van der Waals surface area contributed by atoms with E-state index in [9.17, 15) is 4.79 Å². The van der Waals surface area contributed by atoms with E-state index in [0.29, 0.717) is 24.2 Å². The molecule has 0 saturated carbocycles. The van der Waals surface area contributed by atoms with Crippen LogP contribution in [0.25, 0.3) is 0 Å². The lowest BCUT2D eigenvalue weighted by atomic mass is 9.98. The van der Waals surface area contributed by atoms with Crippen LogP contribution < -0.4 is 16.0 Å². The number of amides is 1. The van der Waals surface area contributed by atoms with E-state index in [0.717, 1.165) is 18.7 Å². The molecule has 1 saturated heterocycles. The molecule has 1 aliphatic rings. The van der Waals surface area contributed by atoms with E-state index in [-0.39, 0.29) is 5.91 Å². The largest absolute Gasteiger partial charge is 0.383 e. The van der Waals surface area contributed by atoms with Crippen LogP contribution in [0.4, 0.5) is 5.69 Å². The normalized spacial score (nSPS) is 19.8. The van der Waals surface area contributed by atoms with Gasteiger partial charge in [-0.3, -0.25) is 4.79 Å². The predicted octanol–water partition coefficient (Wildman–Crippen LogP) is 2.77. The van der Waals surface area contributed by atoms with Crippen molar-refractivity contribution in [2.45, 2.75) is 51.6 Å². The SMILES string of the molecule is CCNC(=O)c1cccc(NC(C)CC2CCCCN2)c1. The summed E-state index contributed by atoms with van der Waals surface area (Å²) in [6.45, 7) is 5.93. The van der Waals surface area contributed by atoms with Crippen molar-refractivity contribution in [1.82, 2.24) is 10.6 Å². The molecule has 1 aromatic rings. The van der Waals surface area contributed by atoms with Crippen molar-refractivity contribution in [3.63, 3.8) is 0 Å². The third kappa shape index (κ3) is 5.05. The molecule has 4 heteroatoms. The Kier molecular flexibility index (Phi) is 6.05. The van der Waals surface area contributed by atoms with Crippen molar-refractivity contribution in [2.24, 2.45) is 0 Å². The molecule has 2 atom stereocenters. The van der Waals surface area contributed by atoms with Gasteiger partial charge in [0, 0.05) is 29.9 Å². The van der Waals surface area contributed by atoms with E-state index < -0.39 is 0 Å². The molecule has 0 aliphatic carbocycles. The molecule has 1 aliphatic heterocycles. The summed E-state index contributed by atoms with van der Waals surface area (Å²) in [5.41, 5.74) is 1.73. The van der Waals surface area contributed by atoms with Gasteiger partial charge in [0.1, 0.15) is 0 Å². The molecule has 1 fully saturated rings. The topological polar surface area (TPSA) is 53.2 Å². The highest BCUT2D eigenvalue weighted by molar-refractivity contribution is 5.95. The summed E-state index contributed by atoms with van der Waals surface area (Å²) in [6.07, 6.45) is 5.01. The number of benzene rings is 1. The van der Waals surface area contributed by atoms with Gasteiger partial charge < -0.3 is 16.0 Å². The first-order valence-corrected chi connectivity index (χ1v) is 8.07. The lowest BCUT2D eigenvalue weighted by Gasteiger charge is -2.27. The van der Waals surface area contributed by atoms with Gasteiger partial charge in [-0.1, -0.05) is 12.5 Å². The molecule has 0 bridgehead atoms. The number of carbonyl (C=O) groups excluding carboxylic acids is 1. The van der Waals surface area contributed by atoms with E-state index in [1.165, 1.54) is 19.3 Å². The second kappa shape index (κ2) is 8.03. The Labute approximate surface area is 127 Å². The summed E-state index contributed by atoms with van der Waals surface area (Å²) in [5, 5.41) is 9.92. The molecular formula is C17H27N3O. The van der Waals surface area contributed by atoms with Crippen LogP contribution in [0.5, 0.6) is 0 Å². The molecule has 1 amide bonds. The van der Waals surface area contributed by atoms with Gasteiger partial charge in [-0.05, 0) is 57.9 Å². The predicted molar refractivity (Wildman–Crippen MR) is 87.8 cm³/mol. The van der Waals surface area contributed by atoms with E-state index in [1.54, 1.807) is 0 Å². The van der Waals surface area contributed by atoms with Gasteiger partial charge in [0.05, 0.1) is 0 Å². The van der Waals surface area contributed by atoms with Crippen molar-refractivity contribution >= 4 is 11.6 Å². The zero-order valence-corrected chi connectivity index (χ0v) is 13.1. The van der Waals surface area contributed by atoms with Gasteiger partial charge in [0.15, 0.2) is 0 Å². The second-order valence-corrected chi connectivity index (χ2v) is 5.87. The number of anilines is 1. The van der Waals surface area contributed by atoms with E-state index in [2.05, 4.69) is 22.9 Å². The highest BCUT2D eigenvalue weighted by Crippen LogP contribution is 2.16. The molecule has 0 radical (unpaired) electrons. The molecule has 0 aromatic heterocycles. The van der Waals surface area contributed by atoms with Crippen LogP contribution in [-0.4, -0.2) is 31.1 Å². The van der Waals surface area contributed by atoms with E-state index in [1.807, 2.05) is 31.2 Å². The number of nitrogens with one attached hydrogen (secondary N) is 3. The highest BCUT2D eigenvalue weighted by atomic mass is 16.1. The van der Waals surface area contributed by atoms with Gasteiger partial charge in [-0.15, -0.1) is 0 Å². The number of hydrogen-bond acceptors (Lipinski definition) is 3. The second-order valence-electron chi connectivity index (χ2n) is 5.87. The summed E-state index contributed by atoms with van der Waals surface area (Å²) in [4.78, 5) is 11.9. The first-order chi connectivity index (χ1) is 10.2. The fourth-order valence-corrected chi connectivity index (χ4v) is 2.91. The molecule has 2 rings (SSSR count). The summed E-state index contributed by atoms with van der Waals surface area (Å²) >= 11 is 0. The number of carbonyl (C=O) groups is 1. The van der Waals surface area contributed by atoms with Crippen LogP contribution >= 0.6 is 0 Å². The Morgan fingerprint density at radius 1 is 1.43 bits per heavy atom. The maximum atomic E-state index is 11.9. The molecule has 0 spiro atoms. The molecule has 21 heavy (non-hydrogen) atoms. The lowest BCUT2D eigenvalue weighted by Crippen LogP contribution is -2.37. The fraction of sp³-hybridized carbons (Fsp3) is 0.588. The Hall–Kier alpha value is -1.55. The minimum atomic E-state index is -0.0113. The zero-order chi connectivity index (χ0) is 15.1. The van der Waals surface area contributed by atoms with Crippen LogP contribution in [0.2, 0.25) is 0 Å². The van der Waals surface area contributed by atoms with Gasteiger partial charge >= 0.3 is 0 Å². The third-order valence-corrected chi connectivity index (χ3v) is 3.93. The van der Waals surface area contributed by atoms with Crippen molar-refractivity contribution in [3.05, 3.63) is 29.8 Å². The fourth-order valence-electron chi connectivity index (χ4n) is 2.91. The van der Waals surface area contributed by atoms with E-state index >= 15 is 0 Å². The smallest absolute Gasteiger partial charge is 0.251 e. The van der Waals surface area contributed by atoms with Crippen LogP contribution in [0.1, 0.15) is 49.9 Å². The lowest BCUT2D eigenvalue weighted by molar-refractivity contribution is 0.0956. The molecule has 116 valence electrons. The molecule has 4 nitrogen and oxygen atoms in total. The quantitative estimate of drug-likeness (QED) is 0.755. The van der Waals surface area contributed by atoms with Crippen molar-refractivity contribution in [3.8, 4) is 0 Å². The Bertz CT molecular complexity index is 455. The standard InChI is InChI=1S/C17H27N3O/c1-3-18-17(21)14-7-6-9-16(12-14)20-13(2)11-15-8-4-5-10-19-15/h6-7,9,12-13,15,19-20H,3-5,8,10-11H2,1-2H3,(H,18,21). The van der Waals surface area contributed by atoms with Crippen LogP contribution in [0.15, 0.2) is 24.3 Å². The summed E-state index contributed by atoms with van der Waals surface area (Å²) in [7, 11) is 0. The zero-order valence-electron chi connectivity index (χ0n) is 13.1. The number of rotatable bonds is 6.